The van der Waals surface area contributed by atoms with E-state index in [1.54, 1.807) is 6.07 Å². The van der Waals surface area contributed by atoms with Gasteiger partial charge in [0, 0.05) is 22.0 Å². The van der Waals surface area contributed by atoms with Crippen LogP contribution >= 0.6 is 27.7 Å². The van der Waals surface area contributed by atoms with Gasteiger partial charge >= 0.3 is 0 Å². The molecule has 6 heteroatoms. The number of hydrogen-bond donors (Lipinski definition) is 1. The number of hydrogen-bond acceptors (Lipinski definition) is 4. The number of nitrogens with two attached hydrogens (primary N) is 1. The average Bonchev–Trinajstić information content (AvgIpc) is 2.24. The Hall–Kier alpha value is -1.14. The molecule has 0 aliphatic rings. The third kappa shape index (κ3) is 3.00. The highest BCUT2D eigenvalue weighted by molar-refractivity contribution is 9.10. The second-order valence-corrected chi connectivity index (χ2v) is 5.70. The molecule has 0 aliphatic heterocycles. The van der Waals surface area contributed by atoms with Crippen LogP contribution in [0.4, 0.5) is 10.1 Å². The van der Waals surface area contributed by atoms with Crippen molar-refractivity contribution in [1.82, 2.24) is 9.97 Å². The van der Waals surface area contributed by atoms with Gasteiger partial charge in [-0.3, -0.25) is 0 Å². The summed E-state index contributed by atoms with van der Waals surface area (Å²) in [7, 11) is 0. The molecule has 18 heavy (non-hydrogen) atoms. The van der Waals surface area contributed by atoms with Crippen molar-refractivity contribution < 1.29 is 4.39 Å². The van der Waals surface area contributed by atoms with Gasteiger partial charge in [0.2, 0.25) is 0 Å². The van der Waals surface area contributed by atoms with Crippen LogP contribution in [0.25, 0.3) is 0 Å². The zero-order valence-electron chi connectivity index (χ0n) is 9.87. The van der Waals surface area contributed by atoms with Gasteiger partial charge in [-0.1, -0.05) is 0 Å². The van der Waals surface area contributed by atoms with Crippen LogP contribution in [0.1, 0.15) is 11.4 Å². The Morgan fingerprint density at radius 2 is 1.78 bits per heavy atom. The number of aryl methyl sites for hydroxylation is 2. The molecule has 0 amide bonds. The van der Waals surface area contributed by atoms with Crippen molar-refractivity contribution in [2.75, 3.05) is 5.73 Å². The van der Waals surface area contributed by atoms with Crippen molar-refractivity contribution in [2.45, 2.75) is 23.9 Å². The molecule has 0 spiro atoms. The van der Waals surface area contributed by atoms with Crippen LogP contribution in [0.5, 0.6) is 0 Å². The molecule has 0 saturated carbocycles. The predicted molar refractivity (Wildman–Crippen MR) is 74.1 cm³/mol. The van der Waals surface area contributed by atoms with Gasteiger partial charge in [0.15, 0.2) is 5.16 Å². The molecule has 94 valence electrons. The van der Waals surface area contributed by atoms with E-state index in [1.165, 1.54) is 17.8 Å². The van der Waals surface area contributed by atoms with Crippen molar-refractivity contribution in [2.24, 2.45) is 0 Å². The number of aromatic nitrogens is 2. The third-order valence-corrected chi connectivity index (χ3v) is 3.76. The first kappa shape index (κ1) is 13.3. The monoisotopic (exact) mass is 327 g/mol. The Balaban J connectivity index is 2.36. The third-order valence-electron chi connectivity index (χ3n) is 2.22. The standard InChI is InChI=1S/C12H11BrFN3S/c1-6-3-7(2)17-12(16-6)18-11-5-9(14)8(13)4-10(11)15/h3-5H,15H2,1-2H3. The van der Waals surface area contributed by atoms with Gasteiger partial charge in [-0.2, -0.15) is 0 Å². The first-order valence-electron chi connectivity index (χ1n) is 5.20. The molecular formula is C12H11BrFN3S. The zero-order valence-corrected chi connectivity index (χ0v) is 12.3. The lowest BCUT2D eigenvalue weighted by Gasteiger charge is -2.07. The van der Waals surface area contributed by atoms with Gasteiger partial charge in [-0.05, 0) is 59.7 Å². The van der Waals surface area contributed by atoms with E-state index in [2.05, 4.69) is 25.9 Å². The van der Waals surface area contributed by atoms with Crippen LogP contribution in [0.2, 0.25) is 0 Å². The Labute approximate surface area is 117 Å². The van der Waals surface area contributed by atoms with E-state index in [4.69, 9.17) is 5.73 Å². The molecule has 2 aromatic rings. The van der Waals surface area contributed by atoms with E-state index >= 15 is 0 Å². The Bertz CT molecular complexity index is 584. The van der Waals surface area contributed by atoms with Gasteiger partial charge in [0.25, 0.3) is 0 Å². The summed E-state index contributed by atoms with van der Waals surface area (Å²) >= 11 is 4.35. The largest absolute Gasteiger partial charge is 0.398 e. The van der Waals surface area contributed by atoms with Gasteiger partial charge in [0.05, 0.1) is 4.47 Å². The highest BCUT2D eigenvalue weighted by Gasteiger charge is 2.09. The Morgan fingerprint density at radius 3 is 2.39 bits per heavy atom. The fourth-order valence-electron chi connectivity index (χ4n) is 1.47. The second kappa shape index (κ2) is 5.24. The van der Waals surface area contributed by atoms with E-state index in [0.717, 1.165) is 11.4 Å². The molecule has 2 rings (SSSR count). The summed E-state index contributed by atoms with van der Waals surface area (Å²) in [4.78, 5) is 9.18. The molecule has 0 bridgehead atoms. The zero-order chi connectivity index (χ0) is 13.3. The van der Waals surface area contributed by atoms with Crippen molar-refractivity contribution in [1.29, 1.82) is 0 Å². The smallest absolute Gasteiger partial charge is 0.192 e. The topological polar surface area (TPSA) is 51.8 Å². The summed E-state index contributed by atoms with van der Waals surface area (Å²) in [5, 5.41) is 0.570. The minimum absolute atomic E-state index is 0.351. The lowest BCUT2D eigenvalue weighted by atomic mass is 10.3. The van der Waals surface area contributed by atoms with Crippen molar-refractivity contribution in [3.63, 3.8) is 0 Å². The molecular weight excluding hydrogens is 317 g/mol. The number of nitrogens with zero attached hydrogens (tertiary/aromatic N) is 2. The first-order valence-corrected chi connectivity index (χ1v) is 6.81. The molecule has 0 aliphatic carbocycles. The highest BCUT2D eigenvalue weighted by atomic mass is 79.9. The molecule has 1 heterocycles. The van der Waals surface area contributed by atoms with Crippen LogP contribution in [0.15, 0.2) is 32.7 Å². The summed E-state index contributed by atoms with van der Waals surface area (Å²) in [6, 6.07) is 4.81. The van der Waals surface area contributed by atoms with E-state index < -0.39 is 0 Å². The molecule has 3 nitrogen and oxygen atoms in total. The van der Waals surface area contributed by atoms with Gasteiger partial charge in [0.1, 0.15) is 5.82 Å². The van der Waals surface area contributed by atoms with Crippen molar-refractivity contribution in [3.05, 3.63) is 39.9 Å². The predicted octanol–water partition coefficient (Wildman–Crippen LogP) is 3.73. The molecule has 1 aromatic carbocycles. The summed E-state index contributed by atoms with van der Waals surface area (Å²) in [5.74, 6) is -0.351. The number of halogens is 2. The maximum absolute atomic E-state index is 13.5. The average molecular weight is 328 g/mol. The van der Waals surface area contributed by atoms with Gasteiger partial charge < -0.3 is 5.73 Å². The molecule has 1 aromatic heterocycles. The fourth-order valence-corrected chi connectivity index (χ4v) is 2.75. The molecule has 0 saturated heterocycles. The summed E-state index contributed by atoms with van der Waals surface area (Å²) < 4.78 is 13.8. The quantitative estimate of drug-likeness (QED) is 0.674. The second-order valence-electron chi connectivity index (χ2n) is 3.84. The normalized spacial score (nSPS) is 10.7. The Morgan fingerprint density at radius 1 is 1.17 bits per heavy atom. The van der Waals surface area contributed by atoms with Crippen molar-refractivity contribution in [3.8, 4) is 0 Å². The minimum Gasteiger partial charge on any atom is -0.398 e. The minimum atomic E-state index is -0.351. The summed E-state index contributed by atoms with van der Waals surface area (Å²) in [5.41, 5.74) is 8.09. The van der Waals surface area contributed by atoms with E-state index in [-0.39, 0.29) is 5.82 Å². The number of rotatable bonds is 2. The first-order chi connectivity index (χ1) is 8.45. The molecule has 0 unspecified atom stereocenters. The maximum Gasteiger partial charge on any atom is 0.192 e. The van der Waals surface area contributed by atoms with E-state index in [0.29, 0.717) is 20.2 Å². The van der Waals surface area contributed by atoms with Crippen LogP contribution in [-0.4, -0.2) is 9.97 Å². The van der Waals surface area contributed by atoms with Crippen LogP contribution < -0.4 is 5.73 Å². The number of nitrogen functional groups attached to an aromatic ring is 1. The maximum atomic E-state index is 13.5. The van der Waals surface area contributed by atoms with Gasteiger partial charge in [-0.25, -0.2) is 14.4 Å². The molecule has 0 atom stereocenters. The van der Waals surface area contributed by atoms with Crippen molar-refractivity contribution >= 4 is 33.4 Å². The van der Waals surface area contributed by atoms with E-state index in [1.807, 2.05) is 19.9 Å². The number of benzene rings is 1. The van der Waals surface area contributed by atoms with Gasteiger partial charge in [-0.15, -0.1) is 0 Å². The molecule has 0 radical (unpaired) electrons. The number of anilines is 1. The molecule has 2 N–H and O–H groups in total. The van der Waals surface area contributed by atoms with Crippen LogP contribution in [0, 0.1) is 19.7 Å². The fraction of sp³-hybridized carbons (Fsp3) is 0.167. The summed E-state index contributed by atoms with van der Waals surface area (Å²) in [6.45, 7) is 3.79. The van der Waals surface area contributed by atoms with Crippen LogP contribution in [-0.2, 0) is 0 Å². The Kier molecular flexibility index (Phi) is 3.87. The van der Waals surface area contributed by atoms with Crippen LogP contribution in [0.3, 0.4) is 0 Å². The SMILES string of the molecule is Cc1cc(C)nc(Sc2cc(F)c(Br)cc2N)n1. The summed E-state index contributed by atoms with van der Waals surface area (Å²) in [6.07, 6.45) is 0. The lowest BCUT2D eigenvalue weighted by Crippen LogP contribution is -1.95. The highest BCUT2D eigenvalue weighted by Crippen LogP contribution is 2.33. The van der Waals surface area contributed by atoms with E-state index in [9.17, 15) is 4.39 Å². The molecule has 0 fully saturated rings. The lowest BCUT2D eigenvalue weighted by molar-refractivity contribution is 0.618.